The number of hydrogen-bond acceptors (Lipinski definition) is 7. The van der Waals surface area contributed by atoms with Crippen molar-refractivity contribution in [3.05, 3.63) is 70.0 Å². The second kappa shape index (κ2) is 8.92. The number of carbonyl (C=O) groups excluding carboxylic acids is 1. The molecule has 0 atom stereocenters. The Morgan fingerprint density at radius 2 is 1.94 bits per heavy atom. The smallest absolute Gasteiger partial charge is 0.434 e. The maximum atomic E-state index is 14.0. The molecule has 4 rings (SSSR count). The van der Waals surface area contributed by atoms with Crippen LogP contribution in [-0.4, -0.2) is 54.4 Å². The number of ether oxygens (including phenoxy) is 1. The number of aromatic nitrogens is 6. The number of halogens is 3. The Hall–Kier alpha value is -4.29. The summed E-state index contributed by atoms with van der Waals surface area (Å²) in [4.78, 5) is 33.5. The Morgan fingerprint density at radius 1 is 1.18 bits per heavy atom. The van der Waals surface area contributed by atoms with Crippen molar-refractivity contribution in [1.82, 2.24) is 34.8 Å². The molecule has 34 heavy (non-hydrogen) atoms. The van der Waals surface area contributed by atoms with Crippen LogP contribution in [0, 0.1) is 0 Å². The number of hydrogen-bond donors (Lipinski definition) is 1. The lowest BCUT2D eigenvalue weighted by Gasteiger charge is -2.21. The highest BCUT2D eigenvalue weighted by Gasteiger charge is 2.41. The molecule has 4 aromatic rings. The molecule has 0 saturated carbocycles. The molecule has 1 aromatic carbocycles. The number of rotatable bonds is 6. The molecule has 1 amide bonds. The van der Waals surface area contributed by atoms with E-state index in [1.54, 1.807) is 31.2 Å². The zero-order valence-corrected chi connectivity index (χ0v) is 18.0. The third kappa shape index (κ3) is 4.31. The van der Waals surface area contributed by atoms with Gasteiger partial charge in [0, 0.05) is 12.6 Å². The number of nitrogens with one attached hydrogen (secondary N) is 1. The summed E-state index contributed by atoms with van der Waals surface area (Å²) in [6.07, 6.45) is -4.09. The molecular formula is C21H18F3N7O3. The van der Waals surface area contributed by atoms with Gasteiger partial charge in [0.1, 0.15) is 5.82 Å². The number of nitrogens with zero attached hydrogens (tertiary/aromatic N) is 6. The van der Waals surface area contributed by atoms with Crippen LogP contribution in [0.15, 0.2) is 47.4 Å². The standard InChI is InChI=1S/C21H18F3N7O3/c1-3-30(11-15-26-14-7-5-4-6-12(14)19(32)27-15)20(33)13-10-25-31(18(13)21(22,23)24)16-8-9-17(34-2)29-28-16/h4-10H,3,11H2,1-2H3,(H,26,27,32). The summed E-state index contributed by atoms with van der Waals surface area (Å²) in [7, 11) is 1.34. The molecule has 0 aliphatic rings. The van der Waals surface area contributed by atoms with Crippen LogP contribution >= 0.6 is 0 Å². The van der Waals surface area contributed by atoms with Crippen LogP contribution in [0.5, 0.6) is 5.88 Å². The van der Waals surface area contributed by atoms with E-state index in [4.69, 9.17) is 4.74 Å². The number of carbonyl (C=O) groups is 1. The van der Waals surface area contributed by atoms with Gasteiger partial charge >= 0.3 is 6.18 Å². The average molecular weight is 473 g/mol. The first-order chi connectivity index (χ1) is 16.2. The lowest BCUT2D eigenvalue weighted by atomic mass is 10.2. The van der Waals surface area contributed by atoms with E-state index in [1.165, 1.54) is 19.2 Å². The number of H-pyrrole nitrogens is 1. The largest absolute Gasteiger partial charge is 0.480 e. The van der Waals surface area contributed by atoms with Gasteiger partial charge in [-0.3, -0.25) is 9.59 Å². The molecule has 1 N–H and O–H groups in total. The molecule has 0 fully saturated rings. The summed E-state index contributed by atoms with van der Waals surface area (Å²) in [5.41, 5.74) is -1.97. The van der Waals surface area contributed by atoms with Crippen LogP contribution in [0.4, 0.5) is 13.2 Å². The number of amides is 1. The van der Waals surface area contributed by atoms with Crippen molar-refractivity contribution in [2.45, 2.75) is 19.6 Å². The lowest BCUT2D eigenvalue weighted by Crippen LogP contribution is -2.33. The molecule has 13 heteroatoms. The highest BCUT2D eigenvalue weighted by molar-refractivity contribution is 5.95. The summed E-state index contributed by atoms with van der Waals surface area (Å²) in [5, 5.41) is 11.4. The van der Waals surface area contributed by atoms with Gasteiger partial charge in [-0.05, 0) is 25.1 Å². The SMILES string of the molecule is CCN(Cc1nc2ccccc2c(=O)[nH]1)C(=O)c1cnn(-c2ccc(OC)nn2)c1C(F)(F)F. The normalized spacial score (nSPS) is 11.6. The minimum Gasteiger partial charge on any atom is -0.480 e. The van der Waals surface area contributed by atoms with Gasteiger partial charge in [0.15, 0.2) is 11.5 Å². The van der Waals surface area contributed by atoms with Crippen LogP contribution in [0.1, 0.15) is 28.8 Å². The Balaban J connectivity index is 1.71. The van der Waals surface area contributed by atoms with E-state index in [2.05, 4.69) is 25.3 Å². The van der Waals surface area contributed by atoms with Crippen molar-refractivity contribution in [3.63, 3.8) is 0 Å². The molecule has 0 saturated heterocycles. The zero-order valence-electron chi connectivity index (χ0n) is 18.0. The van der Waals surface area contributed by atoms with Gasteiger partial charge in [0.25, 0.3) is 11.5 Å². The molecule has 0 spiro atoms. The summed E-state index contributed by atoms with van der Waals surface area (Å²) < 4.78 is 47.3. The third-order valence-corrected chi connectivity index (χ3v) is 4.99. The number of alkyl halides is 3. The van der Waals surface area contributed by atoms with Gasteiger partial charge in [0.05, 0.1) is 36.3 Å². The maximum absolute atomic E-state index is 14.0. The van der Waals surface area contributed by atoms with Crippen LogP contribution in [0.3, 0.4) is 0 Å². The average Bonchev–Trinajstić information content (AvgIpc) is 3.28. The van der Waals surface area contributed by atoms with Crippen molar-refractivity contribution in [2.75, 3.05) is 13.7 Å². The van der Waals surface area contributed by atoms with Crippen LogP contribution < -0.4 is 10.3 Å². The minimum absolute atomic E-state index is 0.0557. The first kappa shape index (κ1) is 22.9. The first-order valence-corrected chi connectivity index (χ1v) is 10.0. The Morgan fingerprint density at radius 3 is 2.59 bits per heavy atom. The molecule has 0 unspecified atom stereocenters. The minimum atomic E-state index is -4.92. The van der Waals surface area contributed by atoms with Crippen LogP contribution in [0.2, 0.25) is 0 Å². The van der Waals surface area contributed by atoms with Gasteiger partial charge in [-0.15, -0.1) is 10.2 Å². The van der Waals surface area contributed by atoms with Gasteiger partial charge in [0.2, 0.25) is 5.88 Å². The summed E-state index contributed by atoms with van der Waals surface area (Å²) in [6, 6.07) is 9.18. The summed E-state index contributed by atoms with van der Waals surface area (Å²) in [5.74, 6) is -0.926. The number of fused-ring (bicyclic) bond motifs is 1. The van der Waals surface area contributed by atoms with Crippen molar-refractivity contribution in [2.24, 2.45) is 0 Å². The van der Waals surface area contributed by atoms with Gasteiger partial charge in [-0.2, -0.15) is 18.3 Å². The Kier molecular flexibility index (Phi) is 6.01. The highest BCUT2D eigenvalue weighted by atomic mass is 19.4. The predicted octanol–water partition coefficient (Wildman–Crippen LogP) is 2.59. The highest BCUT2D eigenvalue weighted by Crippen LogP contribution is 2.34. The quantitative estimate of drug-likeness (QED) is 0.457. The molecular weight excluding hydrogens is 455 g/mol. The van der Waals surface area contributed by atoms with E-state index in [0.717, 1.165) is 11.1 Å². The fraction of sp³-hybridized carbons (Fsp3) is 0.238. The second-order valence-electron chi connectivity index (χ2n) is 7.10. The summed E-state index contributed by atoms with van der Waals surface area (Å²) in [6.45, 7) is 1.45. The molecule has 0 aliphatic carbocycles. The molecule has 10 nitrogen and oxygen atoms in total. The lowest BCUT2D eigenvalue weighted by molar-refractivity contribution is -0.143. The molecule has 3 heterocycles. The van der Waals surface area contributed by atoms with Crippen molar-refractivity contribution >= 4 is 16.8 Å². The van der Waals surface area contributed by atoms with E-state index in [9.17, 15) is 22.8 Å². The molecule has 0 radical (unpaired) electrons. The first-order valence-electron chi connectivity index (χ1n) is 10.0. The van der Waals surface area contributed by atoms with E-state index in [0.29, 0.717) is 15.6 Å². The zero-order chi connectivity index (χ0) is 24.5. The monoisotopic (exact) mass is 473 g/mol. The molecule has 0 bridgehead atoms. The Bertz CT molecular complexity index is 1400. The van der Waals surface area contributed by atoms with E-state index >= 15 is 0 Å². The van der Waals surface area contributed by atoms with Gasteiger partial charge in [-0.1, -0.05) is 12.1 Å². The number of benzene rings is 1. The van der Waals surface area contributed by atoms with Gasteiger partial charge < -0.3 is 14.6 Å². The second-order valence-corrected chi connectivity index (χ2v) is 7.10. The molecule has 0 aliphatic heterocycles. The van der Waals surface area contributed by atoms with Crippen LogP contribution in [0.25, 0.3) is 16.7 Å². The molecule has 176 valence electrons. The van der Waals surface area contributed by atoms with Gasteiger partial charge in [-0.25, -0.2) is 9.67 Å². The number of aromatic amines is 1. The number of methoxy groups -OCH3 is 1. The molecule has 3 aromatic heterocycles. The van der Waals surface area contributed by atoms with Crippen molar-refractivity contribution < 1.29 is 22.7 Å². The topological polar surface area (TPSA) is 119 Å². The predicted molar refractivity (Wildman–Crippen MR) is 113 cm³/mol. The fourth-order valence-electron chi connectivity index (χ4n) is 3.37. The third-order valence-electron chi connectivity index (χ3n) is 4.99. The van der Waals surface area contributed by atoms with Crippen molar-refractivity contribution in [3.8, 4) is 11.7 Å². The Labute approximate surface area is 190 Å². The number of para-hydroxylation sites is 1. The fourth-order valence-corrected chi connectivity index (χ4v) is 3.37. The van der Waals surface area contributed by atoms with E-state index in [-0.39, 0.29) is 30.6 Å². The van der Waals surface area contributed by atoms with Crippen LogP contribution in [-0.2, 0) is 12.7 Å². The maximum Gasteiger partial charge on any atom is 0.434 e. The summed E-state index contributed by atoms with van der Waals surface area (Å²) >= 11 is 0. The van der Waals surface area contributed by atoms with E-state index < -0.39 is 28.9 Å². The van der Waals surface area contributed by atoms with E-state index in [1.807, 2.05) is 0 Å². The van der Waals surface area contributed by atoms with Crippen molar-refractivity contribution in [1.29, 1.82) is 0 Å².